The molecule has 9 aromatic rings. The predicted molar refractivity (Wildman–Crippen MR) is 164 cm³/mol. The first-order chi connectivity index (χ1) is 19.8. The van der Waals surface area contributed by atoms with E-state index in [4.69, 9.17) is 8.83 Å². The summed E-state index contributed by atoms with van der Waals surface area (Å²) in [6.45, 7) is 2.23. The molecule has 5 aromatic carbocycles. The minimum atomic E-state index is 0.0166. The largest absolute Gasteiger partial charge is 0.454 e. The Morgan fingerprint density at radius 3 is 2.02 bits per heavy atom. The topological polar surface area (TPSA) is 36.1 Å². The van der Waals surface area contributed by atoms with E-state index < -0.39 is 0 Å². The first kappa shape index (κ1) is 19.8. The van der Waals surface area contributed by atoms with Crippen molar-refractivity contribution in [3.8, 4) is 16.8 Å². The number of rotatable bonds is 0. The Hall–Kier alpha value is -5.16. The number of furan rings is 2. The highest BCUT2D eigenvalue weighted by atomic mass is 16.3. The number of para-hydroxylation sites is 4. The maximum atomic E-state index is 6.58. The van der Waals surface area contributed by atoms with Crippen LogP contribution in [0, 0.1) is 6.92 Å². The second kappa shape index (κ2) is 6.35. The van der Waals surface area contributed by atoms with Crippen molar-refractivity contribution < 1.29 is 8.83 Å². The first-order valence-electron chi connectivity index (χ1n) is 13.8. The van der Waals surface area contributed by atoms with Gasteiger partial charge < -0.3 is 17.9 Å². The molecule has 0 fully saturated rings. The van der Waals surface area contributed by atoms with Crippen molar-refractivity contribution >= 4 is 83.7 Å². The summed E-state index contributed by atoms with van der Waals surface area (Å²) in [4.78, 5) is 0. The van der Waals surface area contributed by atoms with Crippen LogP contribution >= 0.6 is 0 Å². The fourth-order valence-electron chi connectivity index (χ4n) is 7.93. The third-order valence-corrected chi connectivity index (χ3v) is 9.32. The van der Waals surface area contributed by atoms with E-state index >= 15 is 0 Å². The SMILES string of the molecule is Cc1cc2c3c(c1)-n1c4c(cccc4c4oc5ccccc5c41)B3n1c3c-2cccc3c2oc3ccccc3c21. The zero-order chi connectivity index (χ0) is 25.9. The van der Waals surface area contributed by atoms with E-state index in [1.54, 1.807) is 0 Å². The number of nitrogens with zero attached hydrogens (tertiary/aromatic N) is 2. The Kier molecular flexibility index (Phi) is 3.15. The van der Waals surface area contributed by atoms with Gasteiger partial charge in [-0.15, -0.1) is 0 Å². The molecule has 4 nitrogen and oxygen atoms in total. The molecule has 2 aliphatic rings. The van der Waals surface area contributed by atoms with Crippen molar-refractivity contribution in [1.82, 2.24) is 9.05 Å². The maximum Gasteiger partial charge on any atom is 0.333 e. The lowest BCUT2D eigenvalue weighted by Gasteiger charge is -2.34. The fourth-order valence-corrected chi connectivity index (χ4v) is 7.93. The minimum Gasteiger partial charge on any atom is -0.454 e. The zero-order valence-corrected chi connectivity index (χ0v) is 21.5. The van der Waals surface area contributed by atoms with Gasteiger partial charge in [0, 0.05) is 38.3 Å². The molecular weight excluding hydrogens is 491 g/mol. The van der Waals surface area contributed by atoms with Crippen LogP contribution in [0.5, 0.6) is 0 Å². The summed E-state index contributed by atoms with van der Waals surface area (Å²) in [7, 11) is 0. The molecule has 5 heteroatoms. The van der Waals surface area contributed by atoms with Gasteiger partial charge in [0.05, 0.1) is 11.0 Å². The molecule has 0 saturated heterocycles. The lowest BCUT2D eigenvalue weighted by molar-refractivity contribution is 0.672. The normalized spacial score (nSPS) is 13.6. The van der Waals surface area contributed by atoms with E-state index in [2.05, 4.69) is 107 Å². The van der Waals surface area contributed by atoms with Gasteiger partial charge in [-0.2, -0.15) is 0 Å². The van der Waals surface area contributed by atoms with Crippen molar-refractivity contribution in [3.63, 3.8) is 0 Å². The summed E-state index contributed by atoms with van der Waals surface area (Å²) < 4.78 is 18.2. The lowest BCUT2D eigenvalue weighted by atomic mass is 9.45. The molecule has 0 saturated carbocycles. The second-order valence-corrected chi connectivity index (χ2v) is 11.4. The third-order valence-electron chi connectivity index (χ3n) is 9.32. The molecule has 0 aliphatic carbocycles. The van der Waals surface area contributed by atoms with Crippen LogP contribution in [0.2, 0.25) is 0 Å². The first-order valence-corrected chi connectivity index (χ1v) is 13.8. The molecule has 184 valence electrons. The summed E-state index contributed by atoms with van der Waals surface area (Å²) in [5, 5.41) is 4.64. The van der Waals surface area contributed by atoms with Crippen LogP contribution < -0.4 is 10.9 Å². The standard InChI is InChI=1S/C35H19BN2O2/c1-18-16-24-19-10-6-11-22-30(19)38(33-21-9-3-5-15-28(21)40-35(22)33)36-25-13-7-12-23-31(25)37(26(17-18)29(24)36)32-20-8-2-4-14-27(20)39-34(23)32/h2-17H,1H3. The Labute approximate surface area is 227 Å². The molecule has 0 unspecified atom stereocenters. The highest BCUT2D eigenvalue weighted by Crippen LogP contribution is 2.46. The van der Waals surface area contributed by atoms with Crippen LogP contribution in [-0.2, 0) is 0 Å². The van der Waals surface area contributed by atoms with E-state index in [1.165, 1.54) is 55.2 Å². The van der Waals surface area contributed by atoms with Crippen LogP contribution in [0.3, 0.4) is 0 Å². The molecule has 4 aromatic heterocycles. The average molecular weight is 510 g/mol. The number of benzene rings is 5. The Morgan fingerprint density at radius 2 is 1.23 bits per heavy atom. The highest BCUT2D eigenvalue weighted by Gasteiger charge is 2.42. The van der Waals surface area contributed by atoms with Crippen molar-refractivity contribution in [2.45, 2.75) is 6.92 Å². The van der Waals surface area contributed by atoms with Crippen molar-refractivity contribution in [2.75, 3.05) is 0 Å². The number of aromatic nitrogens is 2. The molecule has 0 atom stereocenters. The molecule has 11 rings (SSSR count). The molecule has 0 amide bonds. The van der Waals surface area contributed by atoms with Crippen molar-refractivity contribution in [1.29, 1.82) is 0 Å². The Morgan fingerprint density at radius 1 is 0.575 bits per heavy atom. The van der Waals surface area contributed by atoms with E-state index in [0.29, 0.717) is 0 Å². The van der Waals surface area contributed by atoms with Crippen LogP contribution in [0.15, 0.2) is 106 Å². The molecule has 0 spiro atoms. The highest BCUT2D eigenvalue weighted by molar-refractivity contribution is 6.90. The molecule has 0 N–H and O–H groups in total. The van der Waals surface area contributed by atoms with Crippen molar-refractivity contribution in [2.24, 2.45) is 0 Å². The van der Waals surface area contributed by atoms with E-state index in [0.717, 1.165) is 44.0 Å². The minimum absolute atomic E-state index is 0.0166. The van der Waals surface area contributed by atoms with Gasteiger partial charge in [-0.05, 0) is 71.4 Å². The second-order valence-electron chi connectivity index (χ2n) is 11.4. The van der Waals surface area contributed by atoms with E-state index in [1.807, 2.05) is 6.07 Å². The average Bonchev–Trinajstić information content (AvgIpc) is 3.71. The quantitative estimate of drug-likeness (QED) is 0.197. The number of aryl methyl sites for hydroxylation is 1. The van der Waals surface area contributed by atoms with Crippen LogP contribution in [0.1, 0.15) is 5.56 Å². The van der Waals surface area contributed by atoms with Gasteiger partial charge in [0.15, 0.2) is 11.2 Å². The van der Waals surface area contributed by atoms with Gasteiger partial charge in [-0.25, -0.2) is 0 Å². The Bertz CT molecular complexity index is 2630. The lowest BCUT2D eigenvalue weighted by Crippen LogP contribution is -2.55. The predicted octanol–water partition coefficient (Wildman–Crippen LogP) is 7.64. The van der Waals surface area contributed by atoms with Gasteiger partial charge in [0.25, 0.3) is 0 Å². The number of fused-ring (bicyclic) bond motifs is 14. The molecule has 0 radical (unpaired) electrons. The van der Waals surface area contributed by atoms with Gasteiger partial charge >= 0.3 is 6.85 Å². The van der Waals surface area contributed by atoms with Crippen LogP contribution in [-0.4, -0.2) is 15.9 Å². The maximum absolute atomic E-state index is 6.58. The van der Waals surface area contributed by atoms with E-state index in [-0.39, 0.29) is 6.85 Å². The van der Waals surface area contributed by atoms with Crippen LogP contribution in [0.25, 0.3) is 82.8 Å². The number of hydrogen-bond acceptors (Lipinski definition) is 2. The number of hydrogen-bond donors (Lipinski definition) is 0. The van der Waals surface area contributed by atoms with Crippen LogP contribution in [0.4, 0.5) is 0 Å². The smallest absolute Gasteiger partial charge is 0.333 e. The molecule has 2 aliphatic heterocycles. The molecule has 0 bridgehead atoms. The van der Waals surface area contributed by atoms with Gasteiger partial charge in [-0.1, -0.05) is 54.6 Å². The Balaban J connectivity index is 1.44. The summed E-state index contributed by atoms with van der Waals surface area (Å²) in [5.41, 5.74) is 16.3. The van der Waals surface area contributed by atoms with Gasteiger partial charge in [-0.3, -0.25) is 0 Å². The molecule has 40 heavy (non-hydrogen) atoms. The summed E-state index contributed by atoms with van der Waals surface area (Å²) in [6.07, 6.45) is 0. The molecule has 6 heterocycles. The monoisotopic (exact) mass is 510 g/mol. The van der Waals surface area contributed by atoms with E-state index in [9.17, 15) is 0 Å². The van der Waals surface area contributed by atoms with Gasteiger partial charge in [0.2, 0.25) is 0 Å². The van der Waals surface area contributed by atoms with Gasteiger partial charge in [0.1, 0.15) is 16.7 Å². The summed E-state index contributed by atoms with van der Waals surface area (Å²) in [5.74, 6) is 0. The van der Waals surface area contributed by atoms with Crippen molar-refractivity contribution in [3.05, 3.63) is 103 Å². The summed E-state index contributed by atoms with van der Waals surface area (Å²) in [6, 6.07) is 35.0. The summed E-state index contributed by atoms with van der Waals surface area (Å²) >= 11 is 0. The zero-order valence-electron chi connectivity index (χ0n) is 21.5. The third kappa shape index (κ3) is 2.01. The molecular formula is C35H19BN2O2. The fraction of sp³-hybridized carbons (Fsp3) is 0.0286.